The van der Waals surface area contributed by atoms with Crippen LogP contribution < -0.4 is 0 Å². The zero-order chi connectivity index (χ0) is 24.2. The van der Waals surface area contributed by atoms with Crippen LogP contribution in [-0.4, -0.2) is 50.6 Å². The van der Waals surface area contributed by atoms with Gasteiger partial charge < -0.3 is 18.9 Å². The lowest BCUT2D eigenvalue weighted by atomic mass is 9.91. The molecule has 12 heteroatoms. The number of hydrogen-bond acceptors (Lipinski definition) is 8. The third kappa shape index (κ3) is 6.70. The molecule has 2 aliphatic heterocycles. The van der Waals surface area contributed by atoms with Crippen LogP contribution in [0.5, 0.6) is 0 Å². The van der Waals surface area contributed by atoms with E-state index in [0.29, 0.717) is 13.2 Å². The van der Waals surface area contributed by atoms with E-state index < -0.39 is 34.1 Å². The maximum atomic E-state index is 12.9. The Kier molecular flexibility index (Phi) is 9.71. The molecule has 0 aromatic heterocycles. The Morgan fingerprint density at radius 3 is 1.59 bits per heavy atom. The topological polar surface area (TPSA) is 169 Å². The molecule has 34 heavy (non-hydrogen) atoms. The first-order valence-corrected chi connectivity index (χ1v) is 10.8. The molecule has 2 saturated heterocycles. The number of ketones is 2. The van der Waals surface area contributed by atoms with Crippen molar-refractivity contribution in [2.75, 3.05) is 26.4 Å². The second-order valence-corrected chi connectivity index (χ2v) is 7.30. The van der Waals surface area contributed by atoms with Crippen molar-refractivity contribution in [2.45, 2.75) is 51.1 Å². The Morgan fingerprint density at radius 1 is 0.794 bits per heavy atom. The fourth-order valence-corrected chi connectivity index (χ4v) is 3.39. The summed E-state index contributed by atoms with van der Waals surface area (Å²) >= 11 is 0. The standard InChI is InChI=1S/C22H22N6O6/c23-27-25-19-15(7-5-13-33-17-9-1-3-11-31-17)21(29)20(26-28-24)16(22(19)30)8-6-14-34-18-10-2-4-12-32-18/h17-18H,1-4,9-14H2. The summed E-state index contributed by atoms with van der Waals surface area (Å²) in [5.41, 5.74) is 16.0. The molecule has 0 aromatic rings. The zero-order valence-electron chi connectivity index (χ0n) is 18.4. The third-order valence-electron chi connectivity index (χ3n) is 5.03. The minimum absolute atomic E-state index is 0.0764. The molecule has 0 N–H and O–H groups in total. The first-order valence-electron chi connectivity index (χ1n) is 10.8. The van der Waals surface area contributed by atoms with Crippen molar-refractivity contribution < 1.29 is 28.5 Å². The molecular formula is C22H22N6O6. The van der Waals surface area contributed by atoms with E-state index in [1.807, 2.05) is 0 Å². The molecule has 3 aliphatic rings. The Hall–Kier alpha value is -3.60. The predicted molar refractivity (Wildman–Crippen MR) is 117 cm³/mol. The Labute approximate surface area is 195 Å². The van der Waals surface area contributed by atoms with Gasteiger partial charge in [0, 0.05) is 23.0 Å². The van der Waals surface area contributed by atoms with E-state index in [1.54, 1.807) is 0 Å². The van der Waals surface area contributed by atoms with Crippen molar-refractivity contribution in [3.8, 4) is 23.7 Å². The highest BCUT2D eigenvalue weighted by Gasteiger charge is 2.32. The predicted octanol–water partition coefficient (Wildman–Crippen LogP) is 3.36. The number of Topliss-reactive ketones (excluding diaryl/α,β-unsaturated/α-hetero) is 2. The average Bonchev–Trinajstić information content (AvgIpc) is 2.87. The van der Waals surface area contributed by atoms with E-state index in [2.05, 4.69) is 43.7 Å². The third-order valence-corrected chi connectivity index (χ3v) is 5.03. The first-order chi connectivity index (χ1) is 16.7. The number of rotatable bonds is 6. The van der Waals surface area contributed by atoms with E-state index in [0.717, 1.165) is 38.5 Å². The summed E-state index contributed by atoms with van der Waals surface area (Å²) in [6, 6.07) is 0. The molecule has 2 unspecified atom stereocenters. The van der Waals surface area contributed by atoms with E-state index in [1.165, 1.54) is 0 Å². The minimum atomic E-state index is -0.873. The van der Waals surface area contributed by atoms with Crippen molar-refractivity contribution in [3.05, 3.63) is 43.4 Å². The van der Waals surface area contributed by atoms with Gasteiger partial charge in [-0.1, -0.05) is 33.9 Å². The van der Waals surface area contributed by atoms with Gasteiger partial charge in [-0.2, -0.15) is 0 Å². The lowest BCUT2D eigenvalue weighted by Crippen LogP contribution is -2.23. The lowest BCUT2D eigenvalue weighted by Gasteiger charge is -2.21. The fraction of sp³-hybridized carbons (Fsp3) is 0.545. The van der Waals surface area contributed by atoms with Crippen LogP contribution in [0, 0.1) is 23.7 Å². The maximum absolute atomic E-state index is 12.9. The number of carbonyl (C=O) groups is 2. The fourth-order valence-electron chi connectivity index (χ4n) is 3.39. The van der Waals surface area contributed by atoms with Crippen LogP contribution in [0.1, 0.15) is 38.5 Å². The van der Waals surface area contributed by atoms with E-state index >= 15 is 0 Å². The van der Waals surface area contributed by atoms with Gasteiger partial charge in [-0.05, 0) is 49.6 Å². The van der Waals surface area contributed by atoms with Gasteiger partial charge in [0.25, 0.3) is 0 Å². The molecule has 0 bridgehead atoms. The van der Waals surface area contributed by atoms with Crippen molar-refractivity contribution in [1.82, 2.24) is 0 Å². The average molecular weight is 466 g/mol. The second-order valence-electron chi connectivity index (χ2n) is 7.30. The zero-order valence-corrected chi connectivity index (χ0v) is 18.4. The molecule has 0 radical (unpaired) electrons. The van der Waals surface area contributed by atoms with Crippen molar-refractivity contribution in [1.29, 1.82) is 0 Å². The molecule has 3 rings (SSSR count). The summed E-state index contributed by atoms with van der Waals surface area (Å²) in [5, 5.41) is 6.69. The number of azide groups is 2. The quantitative estimate of drug-likeness (QED) is 0.191. The molecule has 0 spiro atoms. The molecule has 0 saturated carbocycles. The van der Waals surface area contributed by atoms with Gasteiger partial charge in [0.2, 0.25) is 11.6 Å². The highest BCUT2D eigenvalue weighted by atomic mass is 16.7. The summed E-state index contributed by atoms with van der Waals surface area (Å²) in [5.74, 6) is 8.49. The Balaban J connectivity index is 1.78. The molecule has 2 atom stereocenters. The second kappa shape index (κ2) is 13.2. The highest BCUT2D eigenvalue weighted by molar-refractivity contribution is 6.28. The SMILES string of the molecule is [N-]=[N+]=NC1=C(C#CCOC2CCCCO2)C(=O)C(N=[N+]=[N-])=C(C#CCOC2CCCCO2)C1=O. The normalized spacial score (nSPS) is 22.6. The van der Waals surface area contributed by atoms with Crippen molar-refractivity contribution >= 4 is 11.6 Å². The summed E-state index contributed by atoms with van der Waals surface area (Å²) in [6.45, 7) is 1.04. The molecule has 2 fully saturated rings. The van der Waals surface area contributed by atoms with Crippen LogP contribution in [0.4, 0.5) is 0 Å². The van der Waals surface area contributed by atoms with Gasteiger partial charge in [-0.3, -0.25) is 9.59 Å². The maximum Gasteiger partial charge on any atom is 0.205 e. The van der Waals surface area contributed by atoms with Gasteiger partial charge in [0.05, 0.1) is 11.1 Å². The van der Waals surface area contributed by atoms with E-state index in [9.17, 15) is 9.59 Å². The number of hydrogen-bond donors (Lipinski definition) is 0. The largest absolute Gasteiger partial charge is 0.353 e. The van der Waals surface area contributed by atoms with Crippen LogP contribution in [0.15, 0.2) is 32.8 Å². The molecule has 0 amide bonds. The van der Waals surface area contributed by atoms with Crippen LogP contribution in [0.3, 0.4) is 0 Å². The molecule has 1 aliphatic carbocycles. The van der Waals surface area contributed by atoms with Crippen LogP contribution in [-0.2, 0) is 28.5 Å². The van der Waals surface area contributed by atoms with Gasteiger partial charge >= 0.3 is 0 Å². The van der Waals surface area contributed by atoms with Crippen LogP contribution in [0.25, 0.3) is 20.9 Å². The smallest absolute Gasteiger partial charge is 0.205 e. The van der Waals surface area contributed by atoms with Gasteiger partial charge in [0.1, 0.15) is 24.6 Å². The number of allylic oxidation sites excluding steroid dienone is 2. The van der Waals surface area contributed by atoms with Crippen LogP contribution in [0.2, 0.25) is 0 Å². The lowest BCUT2D eigenvalue weighted by molar-refractivity contribution is -0.154. The van der Waals surface area contributed by atoms with Crippen LogP contribution >= 0.6 is 0 Å². The van der Waals surface area contributed by atoms with E-state index in [4.69, 9.17) is 30.0 Å². The number of nitrogens with zero attached hydrogens (tertiary/aromatic N) is 6. The first kappa shape index (κ1) is 25.0. The summed E-state index contributed by atoms with van der Waals surface area (Å²) in [7, 11) is 0. The molecular weight excluding hydrogens is 444 g/mol. The molecule has 12 nitrogen and oxygen atoms in total. The monoisotopic (exact) mass is 466 g/mol. The summed E-state index contributed by atoms with van der Waals surface area (Å²) in [6.07, 6.45) is 4.55. The summed E-state index contributed by atoms with van der Waals surface area (Å²) < 4.78 is 21.8. The highest BCUT2D eigenvalue weighted by Crippen LogP contribution is 2.26. The number of ether oxygens (including phenoxy) is 4. The van der Waals surface area contributed by atoms with Crippen molar-refractivity contribution in [2.24, 2.45) is 10.2 Å². The molecule has 176 valence electrons. The van der Waals surface area contributed by atoms with Gasteiger partial charge in [-0.15, -0.1) is 0 Å². The molecule has 0 aromatic carbocycles. The van der Waals surface area contributed by atoms with Crippen molar-refractivity contribution in [3.63, 3.8) is 0 Å². The summed E-state index contributed by atoms with van der Waals surface area (Å²) in [4.78, 5) is 31.1. The Bertz CT molecular complexity index is 1010. The van der Waals surface area contributed by atoms with Gasteiger partial charge in [0.15, 0.2) is 12.6 Å². The number of carbonyl (C=O) groups excluding carboxylic acids is 2. The molecule has 2 heterocycles. The minimum Gasteiger partial charge on any atom is -0.353 e. The van der Waals surface area contributed by atoms with Gasteiger partial charge in [-0.25, -0.2) is 0 Å². The van der Waals surface area contributed by atoms with E-state index in [-0.39, 0.29) is 25.8 Å². The Morgan fingerprint density at radius 2 is 1.24 bits per heavy atom.